The highest BCUT2D eigenvalue weighted by Crippen LogP contribution is 2.16. The number of unbranched alkanes of at least 4 members (excludes halogenated alkanes) is 1. The van der Waals surface area contributed by atoms with Crippen LogP contribution >= 0.6 is 0 Å². The highest BCUT2D eigenvalue weighted by atomic mass is 16.2. The van der Waals surface area contributed by atoms with Crippen molar-refractivity contribution in [1.29, 1.82) is 0 Å². The molecule has 0 radical (unpaired) electrons. The fourth-order valence-corrected chi connectivity index (χ4v) is 1.85. The van der Waals surface area contributed by atoms with Crippen LogP contribution in [0.25, 0.3) is 0 Å². The summed E-state index contributed by atoms with van der Waals surface area (Å²) in [4.78, 5) is 12.3. The lowest BCUT2D eigenvalue weighted by molar-refractivity contribution is -0.128. The zero-order chi connectivity index (χ0) is 13.5. The normalized spacial score (nSPS) is 16.6. The summed E-state index contributed by atoms with van der Waals surface area (Å²) >= 11 is 0. The molecule has 3 nitrogen and oxygen atoms in total. The fourth-order valence-electron chi connectivity index (χ4n) is 1.85. The van der Waals surface area contributed by atoms with Crippen molar-refractivity contribution in [3.63, 3.8) is 0 Å². The Balaban J connectivity index is 4.63. The molecule has 0 fully saturated rings. The van der Waals surface area contributed by atoms with Crippen molar-refractivity contribution < 1.29 is 4.79 Å². The molecule has 0 aromatic rings. The molecule has 0 rings (SSSR count). The van der Waals surface area contributed by atoms with Gasteiger partial charge in [0.2, 0.25) is 5.91 Å². The van der Waals surface area contributed by atoms with Gasteiger partial charge in [0.05, 0.1) is 5.54 Å². The van der Waals surface area contributed by atoms with E-state index in [0.29, 0.717) is 6.04 Å². The molecule has 0 aromatic heterocycles. The lowest BCUT2D eigenvalue weighted by atomic mass is 9.92. The molecular weight excluding hydrogens is 212 g/mol. The number of hydrogen-bond donors (Lipinski definition) is 2. The molecule has 0 aliphatic heterocycles. The van der Waals surface area contributed by atoms with Crippen molar-refractivity contribution in [2.24, 2.45) is 0 Å². The third-order valence-corrected chi connectivity index (χ3v) is 3.13. The molecule has 0 aromatic carbocycles. The summed E-state index contributed by atoms with van der Waals surface area (Å²) < 4.78 is 0. The van der Waals surface area contributed by atoms with Crippen LogP contribution in [0.5, 0.6) is 0 Å². The van der Waals surface area contributed by atoms with Gasteiger partial charge in [0.15, 0.2) is 0 Å². The Morgan fingerprint density at radius 3 is 2.24 bits per heavy atom. The molecule has 2 N–H and O–H groups in total. The maximum absolute atomic E-state index is 12.3. The van der Waals surface area contributed by atoms with Gasteiger partial charge in [-0.25, -0.2) is 0 Å². The van der Waals surface area contributed by atoms with Crippen LogP contribution in [0, 0.1) is 0 Å². The van der Waals surface area contributed by atoms with E-state index in [1.54, 1.807) is 0 Å². The largest absolute Gasteiger partial charge is 0.352 e. The summed E-state index contributed by atoms with van der Waals surface area (Å²) in [6.45, 7) is 12.4. The summed E-state index contributed by atoms with van der Waals surface area (Å²) in [6.07, 6.45) is 4.13. The monoisotopic (exact) mass is 242 g/mol. The van der Waals surface area contributed by atoms with Gasteiger partial charge in [-0.15, -0.1) is 0 Å². The summed E-state index contributed by atoms with van der Waals surface area (Å²) in [5.41, 5.74) is -0.435. The van der Waals surface area contributed by atoms with Gasteiger partial charge >= 0.3 is 0 Å². The molecule has 0 saturated carbocycles. The Morgan fingerprint density at radius 1 is 1.24 bits per heavy atom. The second-order valence-corrected chi connectivity index (χ2v) is 5.52. The second kappa shape index (κ2) is 7.70. The molecule has 0 heterocycles. The average molecular weight is 242 g/mol. The quantitative estimate of drug-likeness (QED) is 0.687. The Hall–Kier alpha value is -0.570. The minimum absolute atomic E-state index is 0.126. The van der Waals surface area contributed by atoms with Gasteiger partial charge in [-0.2, -0.15) is 0 Å². The van der Waals surface area contributed by atoms with Crippen LogP contribution < -0.4 is 10.6 Å². The number of carbonyl (C=O) groups excluding carboxylic acids is 1. The molecule has 1 amide bonds. The fraction of sp³-hybridized carbons (Fsp3) is 0.929. The number of hydrogen-bond acceptors (Lipinski definition) is 2. The third-order valence-electron chi connectivity index (χ3n) is 3.13. The van der Waals surface area contributed by atoms with Crippen LogP contribution in [-0.4, -0.2) is 23.5 Å². The van der Waals surface area contributed by atoms with Crippen molar-refractivity contribution >= 4 is 5.91 Å². The van der Waals surface area contributed by atoms with Gasteiger partial charge < -0.3 is 10.6 Å². The molecule has 3 heteroatoms. The molecule has 0 saturated heterocycles. The van der Waals surface area contributed by atoms with E-state index in [0.717, 1.165) is 25.7 Å². The topological polar surface area (TPSA) is 41.1 Å². The highest BCUT2D eigenvalue weighted by Gasteiger charge is 2.33. The number of rotatable bonds is 8. The van der Waals surface area contributed by atoms with Crippen molar-refractivity contribution in [3.05, 3.63) is 0 Å². The number of amides is 1. The summed E-state index contributed by atoms with van der Waals surface area (Å²) in [7, 11) is 0. The van der Waals surface area contributed by atoms with Crippen LogP contribution in [0.4, 0.5) is 0 Å². The van der Waals surface area contributed by atoms with E-state index in [9.17, 15) is 4.79 Å². The molecule has 17 heavy (non-hydrogen) atoms. The van der Waals surface area contributed by atoms with Crippen LogP contribution in [-0.2, 0) is 4.79 Å². The van der Waals surface area contributed by atoms with Crippen LogP contribution in [0.15, 0.2) is 0 Å². The average Bonchev–Trinajstić information content (AvgIpc) is 2.25. The minimum Gasteiger partial charge on any atom is -0.352 e. The first-order chi connectivity index (χ1) is 7.85. The molecule has 2 atom stereocenters. The summed E-state index contributed by atoms with van der Waals surface area (Å²) in [6, 6.07) is 0.567. The molecule has 0 bridgehead atoms. The maximum atomic E-state index is 12.3. The zero-order valence-corrected chi connectivity index (χ0v) is 12.4. The van der Waals surface area contributed by atoms with E-state index in [1.165, 1.54) is 0 Å². The van der Waals surface area contributed by atoms with E-state index in [-0.39, 0.29) is 11.9 Å². The van der Waals surface area contributed by atoms with Crippen molar-refractivity contribution in [1.82, 2.24) is 10.6 Å². The second-order valence-electron chi connectivity index (χ2n) is 5.52. The van der Waals surface area contributed by atoms with Crippen LogP contribution in [0.2, 0.25) is 0 Å². The summed E-state index contributed by atoms with van der Waals surface area (Å²) in [5, 5.41) is 6.49. The Morgan fingerprint density at radius 2 is 1.82 bits per heavy atom. The first-order valence-electron chi connectivity index (χ1n) is 6.94. The van der Waals surface area contributed by atoms with E-state index >= 15 is 0 Å². The van der Waals surface area contributed by atoms with E-state index < -0.39 is 5.54 Å². The zero-order valence-electron chi connectivity index (χ0n) is 12.4. The number of nitrogens with one attached hydrogen (secondary N) is 2. The molecular formula is C14H30N2O. The van der Waals surface area contributed by atoms with E-state index in [4.69, 9.17) is 0 Å². The van der Waals surface area contributed by atoms with Gasteiger partial charge in [-0.3, -0.25) is 4.79 Å². The van der Waals surface area contributed by atoms with Gasteiger partial charge in [0.25, 0.3) is 0 Å². The minimum atomic E-state index is -0.435. The Bertz CT molecular complexity index is 228. The van der Waals surface area contributed by atoms with Crippen LogP contribution in [0.1, 0.15) is 67.2 Å². The predicted octanol–water partition coefficient (Wildman–Crippen LogP) is 2.85. The van der Waals surface area contributed by atoms with Crippen molar-refractivity contribution in [3.8, 4) is 0 Å². The first-order valence-corrected chi connectivity index (χ1v) is 6.94. The Labute approximate surface area is 107 Å². The van der Waals surface area contributed by atoms with Gasteiger partial charge in [0.1, 0.15) is 0 Å². The van der Waals surface area contributed by atoms with Gasteiger partial charge in [-0.05, 0) is 40.5 Å². The molecule has 0 aliphatic rings. The first kappa shape index (κ1) is 16.4. The van der Waals surface area contributed by atoms with E-state index in [2.05, 4.69) is 31.4 Å². The maximum Gasteiger partial charge on any atom is 0.240 e. The standard InChI is InChI=1S/C14H30N2O/c1-7-9-10-14(6,16-12(5)8-2)13(17)15-11(3)4/h11-12,16H,7-10H2,1-6H3,(H,15,17). The summed E-state index contributed by atoms with van der Waals surface area (Å²) in [5.74, 6) is 0.126. The van der Waals surface area contributed by atoms with Crippen molar-refractivity contribution in [2.75, 3.05) is 0 Å². The van der Waals surface area contributed by atoms with Gasteiger partial charge in [0, 0.05) is 12.1 Å². The van der Waals surface area contributed by atoms with Gasteiger partial charge in [-0.1, -0.05) is 26.7 Å². The molecule has 102 valence electrons. The van der Waals surface area contributed by atoms with Crippen molar-refractivity contribution in [2.45, 2.75) is 84.8 Å². The smallest absolute Gasteiger partial charge is 0.240 e. The predicted molar refractivity (Wildman–Crippen MR) is 74.1 cm³/mol. The lowest BCUT2D eigenvalue weighted by Crippen LogP contribution is -2.58. The molecule has 0 aliphatic carbocycles. The molecule has 2 unspecified atom stereocenters. The molecule has 0 spiro atoms. The number of carbonyl (C=O) groups is 1. The Kier molecular flexibility index (Phi) is 7.44. The van der Waals surface area contributed by atoms with Crippen LogP contribution in [0.3, 0.4) is 0 Å². The van der Waals surface area contributed by atoms with E-state index in [1.807, 2.05) is 20.8 Å². The lowest BCUT2D eigenvalue weighted by Gasteiger charge is -2.33. The highest BCUT2D eigenvalue weighted by molar-refractivity contribution is 5.86. The third kappa shape index (κ3) is 6.06. The SMILES string of the molecule is CCCCC(C)(NC(C)CC)C(=O)NC(C)C.